The van der Waals surface area contributed by atoms with E-state index in [-0.39, 0.29) is 17.7 Å². The lowest BCUT2D eigenvalue weighted by Crippen LogP contribution is -2.14. The summed E-state index contributed by atoms with van der Waals surface area (Å²) in [7, 11) is 0. The molecule has 0 radical (unpaired) electrons. The van der Waals surface area contributed by atoms with E-state index in [0.717, 1.165) is 23.4 Å². The van der Waals surface area contributed by atoms with Gasteiger partial charge in [-0.25, -0.2) is 4.68 Å². The fourth-order valence-electron chi connectivity index (χ4n) is 3.21. The molecule has 4 rings (SSSR count). The van der Waals surface area contributed by atoms with Gasteiger partial charge in [-0.3, -0.25) is 4.79 Å². The summed E-state index contributed by atoms with van der Waals surface area (Å²) >= 11 is 6.03. The summed E-state index contributed by atoms with van der Waals surface area (Å²) < 4.78 is 13.1. The fraction of sp³-hybridized carbons (Fsp3) is 0.238. The molecule has 0 saturated heterocycles. The van der Waals surface area contributed by atoms with Crippen LogP contribution in [-0.2, 0) is 6.42 Å². The van der Waals surface area contributed by atoms with Crippen molar-refractivity contribution in [2.45, 2.75) is 26.4 Å². The average molecular weight is 398 g/mol. The molecule has 2 heterocycles. The lowest BCUT2D eigenvalue weighted by Gasteiger charge is -2.13. The summed E-state index contributed by atoms with van der Waals surface area (Å²) in [5.74, 6) is 1.07. The standard InChI is InChI=1S/C21H20ClN3O3/c1-3-27-20-10-14-9-13(2)28-19(14)12-18(20)23-21(26)17-7-8-25(24-17)16-6-4-5-15(22)11-16/h4-8,10-13H,3,9H2,1-2H3,(H,23,26). The van der Waals surface area contributed by atoms with E-state index in [4.69, 9.17) is 21.1 Å². The molecule has 1 aliphatic heterocycles. The van der Waals surface area contributed by atoms with Gasteiger partial charge in [-0.2, -0.15) is 5.10 Å². The summed E-state index contributed by atoms with van der Waals surface area (Å²) in [6, 6.07) is 12.7. The van der Waals surface area contributed by atoms with Gasteiger partial charge in [0.2, 0.25) is 0 Å². The molecule has 0 bridgehead atoms. The largest absolute Gasteiger partial charge is 0.492 e. The SMILES string of the molecule is CCOc1cc2c(cc1NC(=O)c1ccn(-c3cccc(Cl)c3)n1)OC(C)C2. The van der Waals surface area contributed by atoms with E-state index in [1.54, 1.807) is 29.1 Å². The Labute approximate surface area is 168 Å². The van der Waals surface area contributed by atoms with E-state index in [1.165, 1.54) is 0 Å². The number of nitrogens with one attached hydrogen (secondary N) is 1. The van der Waals surface area contributed by atoms with Gasteiger partial charge in [-0.05, 0) is 44.2 Å². The molecule has 7 heteroatoms. The maximum atomic E-state index is 12.7. The van der Waals surface area contributed by atoms with Crippen molar-refractivity contribution in [2.75, 3.05) is 11.9 Å². The summed E-state index contributed by atoms with van der Waals surface area (Å²) in [6.07, 6.45) is 2.66. The second kappa shape index (κ2) is 7.56. The molecule has 0 saturated carbocycles. The number of fused-ring (bicyclic) bond motifs is 1. The number of carbonyl (C=O) groups excluding carboxylic acids is 1. The van der Waals surface area contributed by atoms with Gasteiger partial charge in [-0.15, -0.1) is 0 Å². The molecule has 1 unspecified atom stereocenters. The predicted molar refractivity (Wildman–Crippen MR) is 108 cm³/mol. The molecule has 1 N–H and O–H groups in total. The van der Waals surface area contributed by atoms with E-state index >= 15 is 0 Å². The molecule has 144 valence electrons. The minimum atomic E-state index is -0.326. The van der Waals surface area contributed by atoms with Gasteiger partial charge in [0.05, 0.1) is 18.0 Å². The first kappa shape index (κ1) is 18.4. The Morgan fingerprint density at radius 1 is 1.36 bits per heavy atom. The van der Waals surface area contributed by atoms with Crippen molar-refractivity contribution in [3.63, 3.8) is 0 Å². The van der Waals surface area contributed by atoms with Crippen molar-refractivity contribution in [2.24, 2.45) is 0 Å². The second-order valence-corrected chi connectivity index (χ2v) is 7.04. The summed E-state index contributed by atoms with van der Waals surface area (Å²) in [6.45, 7) is 4.42. The molecule has 1 aromatic heterocycles. The normalized spacial score (nSPS) is 15.0. The van der Waals surface area contributed by atoms with Crippen molar-refractivity contribution in [3.05, 3.63) is 64.9 Å². The molecule has 0 aliphatic carbocycles. The van der Waals surface area contributed by atoms with Crippen LogP contribution in [0.25, 0.3) is 5.69 Å². The first-order valence-electron chi connectivity index (χ1n) is 9.13. The van der Waals surface area contributed by atoms with Crippen molar-refractivity contribution in [1.29, 1.82) is 0 Å². The van der Waals surface area contributed by atoms with Crippen molar-refractivity contribution >= 4 is 23.2 Å². The number of hydrogen-bond donors (Lipinski definition) is 1. The summed E-state index contributed by atoms with van der Waals surface area (Å²) in [5, 5.41) is 7.84. The van der Waals surface area contributed by atoms with Crippen LogP contribution in [0.3, 0.4) is 0 Å². The fourth-order valence-corrected chi connectivity index (χ4v) is 3.39. The highest BCUT2D eigenvalue weighted by atomic mass is 35.5. The smallest absolute Gasteiger partial charge is 0.276 e. The van der Waals surface area contributed by atoms with Crippen LogP contribution in [0.1, 0.15) is 29.9 Å². The van der Waals surface area contributed by atoms with Crippen LogP contribution >= 0.6 is 11.6 Å². The number of benzene rings is 2. The van der Waals surface area contributed by atoms with Gasteiger partial charge in [0.15, 0.2) is 5.69 Å². The third-order valence-electron chi connectivity index (χ3n) is 4.44. The minimum absolute atomic E-state index is 0.115. The second-order valence-electron chi connectivity index (χ2n) is 6.60. The van der Waals surface area contributed by atoms with Crippen LogP contribution in [0.2, 0.25) is 5.02 Å². The molecule has 0 fully saturated rings. The Morgan fingerprint density at radius 2 is 2.21 bits per heavy atom. The Hall–Kier alpha value is -2.99. The molecule has 0 spiro atoms. The summed E-state index contributed by atoms with van der Waals surface area (Å²) in [4.78, 5) is 12.7. The molecule has 2 aromatic carbocycles. The van der Waals surface area contributed by atoms with Gasteiger partial charge >= 0.3 is 0 Å². The molecule has 1 aliphatic rings. The maximum absolute atomic E-state index is 12.7. The van der Waals surface area contributed by atoms with E-state index in [9.17, 15) is 4.79 Å². The Morgan fingerprint density at radius 3 is 3.00 bits per heavy atom. The lowest BCUT2D eigenvalue weighted by atomic mass is 10.1. The molecular weight excluding hydrogens is 378 g/mol. The molecule has 1 atom stereocenters. The highest BCUT2D eigenvalue weighted by molar-refractivity contribution is 6.30. The zero-order chi connectivity index (χ0) is 19.7. The number of carbonyl (C=O) groups is 1. The minimum Gasteiger partial charge on any atom is -0.492 e. The number of amides is 1. The van der Waals surface area contributed by atoms with Crippen molar-refractivity contribution in [3.8, 4) is 17.2 Å². The monoisotopic (exact) mass is 397 g/mol. The zero-order valence-electron chi connectivity index (χ0n) is 15.6. The quantitative estimate of drug-likeness (QED) is 0.688. The van der Waals surface area contributed by atoms with Crippen LogP contribution in [0.15, 0.2) is 48.7 Å². The lowest BCUT2D eigenvalue weighted by molar-refractivity contribution is 0.102. The number of halogens is 1. The first-order valence-corrected chi connectivity index (χ1v) is 9.50. The topological polar surface area (TPSA) is 65.4 Å². The van der Waals surface area contributed by atoms with Crippen molar-refractivity contribution in [1.82, 2.24) is 9.78 Å². The highest BCUT2D eigenvalue weighted by Crippen LogP contribution is 2.38. The van der Waals surface area contributed by atoms with E-state index < -0.39 is 0 Å². The van der Waals surface area contributed by atoms with Gasteiger partial charge in [0.25, 0.3) is 5.91 Å². The first-order chi connectivity index (χ1) is 13.5. The van der Waals surface area contributed by atoms with E-state index in [0.29, 0.717) is 23.1 Å². The molecular formula is C21H20ClN3O3. The van der Waals surface area contributed by atoms with Gasteiger partial charge < -0.3 is 14.8 Å². The number of hydrogen-bond acceptors (Lipinski definition) is 4. The van der Waals surface area contributed by atoms with Crippen LogP contribution in [0.5, 0.6) is 11.5 Å². The zero-order valence-corrected chi connectivity index (χ0v) is 16.4. The van der Waals surface area contributed by atoms with Gasteiger partial charge in [0, 0.05) is 29.3 Å². The highest BCUT2D eigenvalue weighted by Gasteiger charge is 2.23. The third-order valence-corrected chi connectivity index (χ3v) is 4.68. The predicted octanol–water partition coefficient (Wildman–Crippen LogP) is 4.50. The molecule has 6 nitrogen and oxygen atoms in total. The van der Waals surface area contributed by atoms with E-state index in [1.807, 2.05) is 38.1 Å². The van der Waals surface area contributed by atoms with Crippen molar-refractivity contribution < 1.29 is 14.3 Å². The summed E-state index contributed by atoms with van der Waals surface area (Å²) in [5.41, 5.74) is 2.72. The van der Waals surface area contributed by atoms with E-state index in [2.05, 4.69) is 10.4 Å². The van der Waals surface area contributed by atoms with Crippen LogP contribution in [0.4, 0.5) is 5.69 Å². The molecule has 28 heavy (non-hydrogen) atoms. The number of ether oxygens (including phenoxy) is 2. The molecule has 3 aromatic rings. The molecule has 1 amide bonds. The maximum Gasteiger partial charge on any atom is 0.276 e. The number of nitrogens with zero attached hydrogens (tertiary/aromatic N) is 2. The average Bonchev–Trinajstić information content (AvgIpc) is 3.28. The van der Waals surface area contributed by atoms with Crippen LogP contribution < -0.4 is 14.8 Å². The number of rotatable bonds is 5. The number of aromatic nitrogens is 2. The third kappa shape index (κ3) is 3.68. The Kier molecular flexibility index (Phi) is 4.96. The number of anilines is 1. The van der Waals surface area contributed by atoms with Crippen LogP contribution in [0, 0.1) is 0 Å². The Balaban J connectivity index is 1.58. The van der Waals surface area contributed by atoms with Crippen LogP contribution in [-0.4, -0.2) is 28.4 Å². The Bertz CT molecular complexity index is 1030. The van der Waals surface area contributed by atoms with Gasteiger partial charge in [0.1, 0.15) is 17.6 Å². The van der Waals surface area contributed by atoms with Gasteiger partial charge in [-0.1, -0.05) is 17.7 Å².